The molecule has 1 N–H and O–H groups in total. The minimum absolute atomic E-state index is 0.0713. The number of anilines is 1. The summed E-state index contributed by atoms with van der Waals surface area (Å²) in [4.78, 5) is 19.2. The lowest BCUT2D eigenvalue weighted by atomic mass is 10.0. The van der Waals surface area contributed by atoms with Gasteiger partial charge in [-0.1, -0.05) is 11.3 Å². The van der Waals surface area contributed by atoms with Crippen molar-refractivity contribution in [1.82, 2.24) is 10.3 Å². The highest BCUT2D eigenvalue weighted by Crippen LogP contribution is 2.28. The lowest BCUT2D eigenvalue weighted by Gasteiger charge is -2.38. The van der Waals surface area contributed by atoms with Gasteiger partial charge < -0.3 is 15.0 Å². The molecule has 0 unspecified atom stereocenters. The number of carbonyl (C=O) groups is 1. The Balaban J connectivity index is 2.17. The molecule has 0 amide bonds. The van der Waals surface area contributed by atoms with E-state index in [2.05, 4.69) is 29.0 Å². The molecule has 1 aliphatic heterocycles. The van der Waals surface area contributed by atoms with E-state index in [4.69, 9.17) is 4.74 Å². The van der Waals surface area contributed by atoms with Crippen molar-refractivity contribution in [2.45, 2.75) is 33.2 Å². The second kappa shape index (κ2) is 5.46. The van der Waals surface area contributed by atoms with Crippen molar-refractivity contribution < 1.29 is 9.53 Å². The van der Waals surface area contributed by atoms with Crippen molar-refractivity contribution in [2.24, 2.45) is 0 Å². The summed E-state index contributed by atoms with van der Waals surface area (Å²) in [5.74, 6) is -0.266. The largest absolute Gasteiger partial charge is 0.462 e. The number of hydrogen-bond donors (Lipinski definition) is 1. The molecule has 1 aromatic heterocycles. The van der Waals surface area contributed by atoms with Gasteiger partial charge in [-0.25, -0.2) is 9.78 Å². The monoisotopic (exact) mass is 283 g/mol. The molecule has 1 aliphatic rings. The van der Waals surface area contributed by atoms with Crippen LogP contribution in [0.2, 0.25) is 0 Å². The topological polar surface area (TPSA) is 54.5 Å². The number of nitrogens with one attached hydrogen (secondary N) is 1. The van der Waals surface area contributed by atoms with Gasteiger partial charge in [-0.3, -0.25) is 0 Å². The van der Waals surface area contributed by atoms with Crippen molar-refractivity contribution in [3.05, 3.63) is 10.6 Å². The maximum atomic E-state index is 11.8. The van der Waals surface area contributed by atoms with Crippen LogP contribution in [0.1, 0.15) is 36.1 Å². The van der Waals surface area contributed by atoms with E-state index < -0.39 is 0 Å². The van der Waals surface area contributed by atoms with Gasteiger partial charge >= 0.3 is 5.97 Å². The van der Waals surface area contributed by atoms with Crippen LogP contribution >= 0.6 is 11.3 Å². The Morgan fingerprint density at radius 1 is 1.58 bits per heavy atom. The summed E-state index contributed by atoms with van der Waals surface area (Å²) in [6.07, 6.45) is 0. The molecule has 5 nitrogen and oxygen atoms in total. The number of aryl methyl sites for hydroxylation is 1. The Morgan fingerprint density at radius 3 is 2.95 bits per heavy atom. The van der Waals surface area contributed by atoms with Gasteiger partial charge in [-0.15, -0.1) is 0 Å². The van der Waals surface area contributed by atoms with Crippen molar-refractivity contribution in [1.29, 1.82) is 0 Å². The van der Waals surface area contributed by atoms with Crippen molar-refractivity contribution >= 4 is 22.4 Å². The second-order valence-corrected chi connectivity index (χ2v) is 6.34. The smallest absolute Gasteiger partial charge is 0.350 e. The van der Waals surface area contributed by atoms with Gasteiger partial charge in [0.2, 0.25) is 0 Å². The lowest BCUT2D eigenvalue weighted by Crippen LogP contribution is -2.57. The normalized spacial score (nSPS) is 18.4. The number of nitrogens with zero attached hydrogens (tertiary/aromatic N) is 2. The van der Waals surface area contributed by atoms with Crippen LogP contribution in [0.25, 0.3) is 0 Å². The van der Waals surface area contributed by atoms with Crippen molar-refractivity contribution in [2.75, 3.05) is 31.1 Å². The Morgan fingerprint density at radius 2 is 2.32 bits per heavy atom. The molecular formula is C13H21N3O2S. The summed E-state index contributed by atoms with van der Waals surface area (Å²) in [5.41, 5.74) is 0.830. The fourth-order valence-electron chi connectivity index (χ4n) is 2.21. The predicted octanol–water partition coefficient (Wildman–Crippen LogP) is 1.82. The van der Waals surface area contributed by atoms with Crippen LogP contribution in [0.15, 0.2) is 0 Å². The van der Waals surface area contributed by atoms with Crippen LogP contribution in [-0.4, -0.2) is 42.7 Å². The Bertz CT molecular complexity index is 470. The van der Waals surface area contributed by atoms with E-state index in [0.29, 0.717) is 11.5 Å². The summed E-state index contributed by atoms with van der Waals surface area (Å²) in [6.45, 7) is 11.2. The Labute approximate surface area is 118 Å². The molecule has 0 atom stereocenters. The lowest BCUT2D eigenvalue weighted by molar-refractivity contribution is 0.0531. The van der Waals surface area contributed by atoms with Gasteiger partial charge in [0.1, 0.15) is 4.88 Å². The molecule has 106 valence electrons. The molecule has 2 heterocycles. The van der Waals surface area contributed by atoms with E-state index in [1.807, 2.05) is 13.8 Å². The van der Waals surface area contributed by atoms with Crippen LogP contribution in [0.3, 0.4) is 0 Å². The van der Waals surface area contributed by atoms with Crippen LogP contribution < -0.4 is 10.2 Å². The maximum absolute atomic E-state index is 11.8. The van der Waals surface area contributed by atoms with Crippen LogP contribution in [0, 0.1) is 6.92 Å². The Kier molecular flexibility index (Phi) is 4.10. The van der Waals surface area contributed by atoms with Crippen molar-refractivity contribution in [3.8, 4) is 0 Å². The Hall–Kier alpha value is -1.14. The minimum Gasteiger partial charge on any atom is -0.462 e. The standard InChI is InChI=1S/C13H21N3O2S/c1-5-18-11(17)10-9(2)15-12(19-10)16-7-6-14-13(3,4)8-16/h14H,5-8H2,1-4H3. The maximum Gasteiger partial charge on any atom is 0.350 e. The van der Waals surface area contributed by atoms with E-state index >= 15 is 0 Å². The van der Waals surface area contributed by atoms with E-state index in [9.17, 15) is 4.79 Å². The zero-order chi connectivity index (χ0) is 14.0. The average Bonchev–Trinajstić information content (AvgIpc) is 2.70. The third-order valence-corrected chi connectivity index (χ3v) is 4.29. The first-order valence-corrected chi connectivity index (χ1v) is 7.39. The molecule has 0 aliphatic carbocycles. The quantitative estimate of drug-likeness (QED) is 0.858. The molecule has 0 bridgehead atoms. The van der Waals surface area contributed by atoms with Gasteiger partial charge in [-0.2, -0.15) is 0 Å². The zero-order valence-electron chi connectivity index (χ0n) is 11.9. The van der Waals surface area contributed by atoms with Crippen molar-refractivity contribution in [3.63, 3.8) is 0 Å². The number of thiazole rings is 1. The van der Waals surface area contributed by atoms with E-state index in [1.165, 1.54) is 11.3 Å². The number of aromatic nitrogens is 1. The number of piperazine rings is 1. The summed E-state index contributed by atoms with van der Waals surface area (Å²) >= 11 is 1.43. The molecule has 19 heavy (non-hydrogen) atoms. The summed E-state index contributed by atoms with van der Waals surface area (Å²) in [6, 6.07) is 0. The SMILES string of the molecule is CCOC(=O)c1sc(N2CCNC(C)(C)C2)nc1C. The number of carbonyl (C=O) groups excluding carboxylic acids is 1. The molecule has 1 aromatic rings. The summed E-state index contributed by atoms with van der Waals surface area (Å²) in [5, 5.41) is 4.38. The molecule has 0 aromatic carbocycles. The van der Waals surface area contributed by atoms with Gasteiger partial charge in [-0.05, 0) is 27.7 Å². The first-order chi connectivity index (χ1) is 8.93. The number of rotatable bonds is 3. The molecule has 6 heteroatoms. The summed E-state index contributed by atoms with van der Waals surface area (Å²) in [7, 11) is 0. The van der Waals surface area contributed by atoms with Crippen LogP contribution in [-0.2, 0) is 4.74 Å². The third kappa shape index (κ3) is 3.25. The van der Waals surface area contributed by atoms with Crippen LogP contribution in [0.5, 0.6) is 0 Å². The van der Waals surface area contributed by atoms with Gasteiger partial charge in [0.15, 0.2) is 5.13 Å². The number of esters is 1. The van der Waals surface area contributed by atoms with Gasteiger partial charge in [0.25, 0.3) is 0 Å². The van der Waals surface area contributed by atoms with Crippen LogP contribution in [0.4, 0.5) is 5.13 Å². The molecule has 0 spiro atoms. The number of hydrogen-bond acceptors (Lipinski definition) is 6. The molecule has 0 radical (unpaired) electrons. The highest BCUT2D eigenvalue weighted by molar-refractivity contribution is 7.17. The van der Waals surface area contributed by atoms with Gasteiger partial charge in [0.05, 0.1) is 12.3 Å². The fourth-order valence-corrected chi connectivity index (χ4v) is 3.19. The van der Waals surface area contributed by atoms with E-state index in [-0.39, 0.29) is 11.5 Å². The molecule has 2 rings (SSSR count). The highest BCUT2D eigenvalue weighted by Gasteiger charge is 2.28. The molecule has 1 saturated heterocycles. The average molecular weight is 283 g/mol. The van der Waals surface area contributed by atoms with E-state index in [0.717, 1.165) is 30.5 Å². The minimum atomic E-state index is -0.266. The predicted molar refractivity (Wildman–Crippen MR) is 77.1 cm³/mol. The second-order valence-electron chi connectivity index (χ2n) is 5.36. The zero-order valence-corrected chi connectivity index (χ0v) is 12.8. The molecular weight excluding hydrogens is 262 g/mol. The fraction of sp³-hybridized carbons (Fsp3) is 0.692. The third-order valence-electron chi connectivity index (χ3n) is 3.09. The van der Waals surface area contributed by atoms with E-state index in [1.54, 1.807) is 0 Å². The first-order valence-electron chi connectivity index (χ1n) is 6.57. The highest BCUT2D eigenvalue weighted by atomic mass is 32.1. The molecule has 1 fully saturated rings. The summed E-state index contributed by atoms with van der Waals surface area (Å²) < 4.78 is 5.05. The van der Waals surface area contributed by atoms with Gasteiger partial charge in [0, 0.05) is 25.2 Å². The molecule has 0 saturated carbocycles. The first kappa shape index (κ1) is 14.3. The number of ether oxygens (including phenoxy) is 1.